The van der Waals surface area contributed by atoms with E-state index in [1.165, 1.54) is 7.05 Å². The SMILES string of the molecule is CCCOC(=O)OCCOP(=O)(N=C(N)N(C)C(CCC)C(=O)O)OCCOC(=O)OCCC. The highest BCUT2D eigenvalue weighted by molar-refractivity contribution is 7.52. The maximum absolute atomic E-state index is 13.1. The van der Waals surface area contributed by atoms with E-state index < -0.39 is 51.2 Å². The molecule has 0 aromatic rings. The first-order valence-electron chi connectivity index (χ1n) is 10.9. The molecule has 0 heterocycles. The van der Waals surface area contributed by atoms with Gasteiger partial charge in [0.15, 0.2) is 0 Å². The fourth-order valence-corrected chi connectivity index (χ4v) is 3.41. The molecule has 0 fully saturated rings. The van der Waals surface area contributed by atoms with Crippen LogP contribution in [0, 0.1) is 0 Å². The Morgan fingerprint density at radius 2 is 1.29 bits per heavy atom. The van der Waals surface area contributed by atoms with E-state index in [4.69, 9.17) is 33.7 Å². The number of guanidine groups is 1. The normalized spacial score (nSPS) is 12.5. The maximum atomic E-state index is 13.1. The Balaban J connectivity index is 5.17. The molecule has 198 valence electrons. The van der Waals surface area contributed by atoms with Gasteiger partial charge in [-0.3, -0.25) is 9.05 Å². The number of aliphatic carboxylic acids is 1. The summed E-state index contributed by atoms with van der Waals surface area (Å²) in [6, 6.07) is -1.02. The van der Waals surface area contributed by atoms with E-state index in [9.17, 15) is 24.1 Å². The lowest BCUT2D eigenvalue weighted by Gasteiger charge is -2.26. The second kappa shape index (κ2) is 17.8. The Morgan fingerprint density at radius 1 is 0.853 bits per heavy atom. The van der Waals surface area contributed by atoms with Gasteiger partial charge in [0.2, 0.25) is 5.96 Å². The highest BCUT2D eigenvalue weighted by Gasteiger charge is 2.29. The van der Waals surface area contributed by atoms with Crippen LogP contribution in [0.25, 0.3) is 0 Å². The van der Waals surface area contributed by atoms with E-state index in [1.54, 1.807) is 6.92 Å². The van der Waals surface area contributed by atoms with Crippen molar-refractivity contribution in [2.75, 3.05) is 46.7 Å². The van der Waals surface area contributed by atoms with E-state index in [-0.39, 0.29) is 32.8 Å². The van der Waals surface area contributed by atoms with Crippen LogP contribution >= 0.6 is 7.75 Å². The minimum atomic E-state index is -4.32. The fraction of sp³-hybridized carbons (Fsp3) is 0.789. The van der Waals surface area contributed by atoms with E-state index in [1.807, 2.05) is 13.8 Å². The summed E-state index contributed by atoms with van der Waals surface area (Å²) in [5, 5.41) is 9.39. The molecule has 0 amide bonds. The number of nitrogens with two attached hydrogens (primary N) is 1. The summed E-state index contributed by atoms with van der Waals surface area (Å²) in [4.78, 5) is 35.4. The van der Waals surface area contributed by atoms with Gasteiger partial charge in [-0.05, 0) is 19.3 Å². The van der Waals surface area contributed by atoms with Gasteiger partial charge in [-0.1, -0.05) is 27.2 Å². The van der Waals surface area contributed by atoms with Gasteiger partial charge in [0.1, 0.15) is 19.3 Å². The molecule has 3 N–H and O–H groups in total. The summed E-state index contributed by atoms with van der Waals surface area (Å²) < 4.78 is 46.2. The lowest BCUT2D eigenvalue weighted by molar-refractivity contribution is -0.141. The maximum Gasteiger partial charge on any atom is 0.508 e. The zero-order chi connectivity index (χ0) is 26.0. The van der Waals surface area contributed by atoms with Gasteiger partial charge in [-0.15, -0.1) is 4.76 Å². The molecule has 0 radical (unpaired) electrons. The number of hydrogen-bond donors (Lipinski definition) is 2. The van der Waals surface area contributed by atoms with Gasteiger partial charge in [0, 0.05) is 7.05 Å². The predicted octanol–water partition coefficient (Wildman–Crippen LogP) is 2.75. The van der Waals surface area contributed by atoms with Crippen LogP contribution in [0.3, 0.4) is 0 Å². The molecule has 0 rings (SSSR count). The number of carbonyl (C=O) groups is 3. The van der Waals surface area contributed by atoms with Gasteiger partial charge < -0.3 is 34.7 Å². The largest absolute Gasteiger partial charge is 0.508 e. The number of carbonyl (C=O) groups excluding carboxylic acids is 2. The van der Waals surface area contributed by atoms with Gasteiger partial charge in [0.25, 0.3) is 0 Å². The average molecular weight is 513 g/mol. The molecule has 0 saturated carbocycles. The smallest absolute Gasteiger partial charge is 0.480 e. The van der Waals surface area contributed by atoms with Crippen molar-refractivity contribution < 1.29 is 52.1 Å². The standard InChI is InChI=1S/C19H36N3O11P/c1-5-8-15(16(23)24)22(4)17(20)21-34(27,32-13-11-30-18(25)28-9-6-2)33-14-12-31-19(26)29-10-7-3/h15H,5-14H2,1-4H3,(H,23,24)(H2,20,21,27). The molecule has 0 aromatic heterocycles. The molecule has 0 saturated heterocycles. The first kappa shape index (κ1) is 31.4. The van der Waals surface area contributed by atoms with Crippen LogP contribution in [-0.2, 0) is 37.4 Å². The van der Waals surface area contributed by atoms with Gasteiger partial charge in [-0.25, -0.2) is 18.9 Å². The molecule has 1 unspecified atom stereocenters. The molecular weight excluding hydrogens is 477 g/mol. The molecule has 0 aromatic carbocycles. The van der Waals surface area contributed by atoms with Crippen molar-refractivity contribution in [1.82, 2.24) is 4.90 Å². The Bertz CT molecular complexity index is 673. The van der Waals surface area contributed by atoms with Crippen molar-refractivity contribution in [1.29, 1.82) is 0 Å². The number of ether oxygens (including phenoxy) is 4. The van der Waals surface area contributed by atoms with Gasteiger partial charge in [0.05, 0.1) is 26.4 Å². The van der Waals surface area contributed by atoms with Crippen LogP contribution in [-0.4, -0.2) is 87.0 Å². The number of nitrogens with zero attached hydrogens (tertiary/aromatic N) is 2. The molecule has 0 aliphatic rings. The van der Waals surface area contributed by atoms with Gasteiger partial charge >= 0.3 is 26.0 Å². The topological polar surface area (TPSA) is 186 Å². The van der Waals surface area contributed by atoms with Gasteiger partial charge in [-0.2, -0.15) is 0 Å². The van der Waals surface area contributed by atoms with E-state index >= 15 is 0 Å². The zero-order valence-electron chi connectivity index (χ0n) is 20.1. The molecule has 0 spiro atoms. The molecule has 0 aliphatic heterocycles. The van der Waals surface area contributed by atoms with Crippen molar-refractivity contribution in [3.05, 3.63) is 0 Å². The Morgan fingerprint density at radius 3 is 1.68 bits per heavy atom. The van der Waals surface area contributed by atoms with E-state index in [2.05, 4.69) is 4.76 Å². The van der Waals surface area contributed by atoms with Crippen LogP contribution < -0.4 is 5.73 Å². The first-order chi connectivity index (χ1) is 16.1. The van der Waals surface area contributed by atoms with Crippen molar-refractivity contribution in [2.45, 2.75) is 52.5 Å². The summed E-state index contributed by atoms with van der Waals surface area (Å²) in [5.41, 5.74) is 5.86. The molecule has 1 atom stereocenters. The minimum Gasteiger partial charge on any atom is -0.480 e. The molecule has 0 aliphatic carbocycles. The third-order valence-electron chi connectivity index (χ3n) is 3.86. The van der Waals surface area contributed by atoms with Crippen molar-refractivity contribution in [3.8, 4) is 0 Å². The van der Waals surface area contributed by atoms with E-state index in [0.29, 0.717) is 19.3 Å². The Hall–Kier alpha value is -2.57. The summed E-state index contributed by atoms with van der Waals surface area (Å²) in [5.74, 6) is -1.55. The number of hydrogen-bond acceptors (Lipinski definition) is 10. The highest BCUT2D eigenvalue weighted by Crippen LogP contribution is 2.49. The predicted molar refractivity (Wildman–Crippen MR) is 120 cm³/mol. The second-order valence-corrected chi connectivity index (χ2v) is 8.39. The Labute approximate surface area is 199 Å². The summed E-state index contributed by atoms with van der Waals surface area (Å²) in [6.45, 7) is 4.34. The minimum absolute atomic E-state index is 0.178. The van der Waals surface area contributed by atoms with E-state index in [0.717, 1.165) is 4.90 Å². The van der Waals surface area contributed by atoms with Crippen LogP contribution in [0.4, 0.5) is 9.59 Å². The molecule has 14 nitrogen and oxygen atoms in total. The summed E-state index contributed by atoms with van der Waals surface area (Å²) in [6.07, 6.45) is 0.184. The zero-order valence-corrected chi connectivity index (χ0v) is 21.0. The summed E-state index contributed by atoms with van der Waals surface area (Å²) in [7, 11) is -2.94. The fourth-order valence-electron chi connectivity index (χ4n) is 2.22. The number of carboxylic acids is 1. The van der Waals surface area contributed by atoms with Crippen molar-refractivity contribution in [3.63, 3.8) is 0 Å². The van der Waals surface area contributed by atoms with Crippen LogP contribution in [0.1, 0.15) is 46.5 Å². The number of carboxylic acid groups (broad SMARTS) is 1. The summed E-state index contributed by atoms with van der Waals surface area (Å²) >= 11 is 0. The number of rotatable bonds is 17. The second-order valence-electron chi connectivity index (χ2n) is 6.74. The average Bonchev–Trinajstić information content (AvgIpc) is 2.79. The van der Waals surface area contributed by atoms with Crippen molar-refractivity contribution in [2.24, 2.45) is 10.5 Å². The quantitative estimate of drug-likeness (QED) is 0.0951. The molecule has 34 heavy (non-hydrogen) atoms. The molecule has 0 bridgehead atoms. The lowest BCUT2D eigenvalue weighted by atomic mass is 10.1. The third-order valence-corrected chi connectivity index (χ3v) is 5.33. The van der Waals surface area contributed by atoms with Crippen LogP contribution in [0.15, 0.2) is 4.76 Å². The number of likely N-dealkylation sites (N-methyl/N-ethyl adjacent to an activating group) is 1. The molecular formula is C19H36N3O11P. The van der Waals surface area contributed by atoms with Crippen LogP contribution in [0.2, 0.25) is 0 Å². The van der Waals surface area contributed by atoms with Crippen LogP contribution in [0.5, 0.6) is 0 Å². The molecule has 15 heteroatoms. The van der Waals surface area contributed by atoms with Crippen molar-refractivity contribution >= 4 is 32.0 Å². The third kappa shape index (κ3) is 13.9. The lowest BCUT2D eigenvalue weighted by Crippen LogP contribution is -2.46. The first-order valence-corrected chi connectivity index (χ1v) is 12.4. The Kier molecular flexibility index (Phi) is 16.5. The monoisotopic (exact) mass is 513 g/mol. The highest BCUT2D eigenvalue weighted by atomic mass is 31.2.